The molecule has 0 spiro atoms. The summed E-state index contributed by atoms with van der Waals surface area (Å²) in [5, 5.41) is 4.93. The third-order valence-electron chi connectivity index (χ3n) is 3.32. The fourth-order valence-electron chi connectivity index (χ4n) is 2.13. The highest BCUT2D eigenvalue weighted by atomic mass is 16.2. The topological polar surface area (TPSA) is 61.4 Å². The summed E-state index contributed by atoms with van der Waals surface area (Å²) in [7, 11) is 0. The predicted molar refractivity (Wildman–Crippen MR) is 83.8 cm³/mol. The zero-order valence-corrected chi connectivity index (χ0v) is 13.2. The van der Waals surface area contributed by atoms with Crippen molar-refractivity contribution in [2.45, 2.75) is 46.3 Å². The Kier molecular flexibility index (Phi) is 6.88. The summed E-state index contributed by atoms with van der Waals surface area (Å²) in [4.78, 5) is 25.7. The third-order valence-corrected chi connectivity index (χ3v) is 3.32. The smallest absolute Gasteiger partial charge is 0.321 e. The maximum absolute atomic E-state index is 12.2. The van der Waals surface area contributed by atoms with Crippen molar-refractivity contribution >= 4 is 11.9 Å². The number of urea groups is 1. The van der Waals surface area contributed by atoms with Crippen LogP contribution in [0.3, 0.4) is 0 Å². The van der Waals surface area contributed by atoms with Crippen molar-refractivity contribution in [3.63, 3.8) is 0 Å². The molecule has 0 saturated carbocycles. The summed E-state index contributed by atoms with van der Waals surface area (Å²) < 4.78 is 0. The van der Waals surface area contributed by atoms with Gasteiger partial charge in [-0.1, -0.05) is 30.3 Å². The average Bonchev–Trinajstić information content (AvgIpc) is 2.45. The number of amides is 3. The van der Waals surface area contributed by atoms with E-state index in [2.05, 4.69) is 15.5 Å². The minimum absolute atomic E-state index is 0.195. The molecule has 0 heterocycles. The molecule has 0 fully saturated rings. The number of hydrogen-bond acceptors (Lipinski definition) is 3. The molecule has 0 aromatic heterocycles. The molecule has 0 aliphatic heterocycles. The highest BCUT2D eigenvalue weighted by molar-refractivity contribution is 5.96. The molecule has 0 aliphatic carbocycles. The van der Waals surface area contributed by atoms with Crippen LogP contribution < -0.4 is 10.6 Å². The van der Waals surface area contributed by atoms with Crippen molar-refractivity contribution in [1.82, 2.24) is 15.5 Å². The lowest BCUT2D eigenvalue weighted by atomic mass is 10.1. The number of carbonyl (C=O) groups is 2. The SMILES string of the molecule is CCNC(=O)NC(=O)C(C)N(Cc1ccccc1)C(C)C. The van der Waals surface area contributed by atoms with Crippen molar-refractivity contribution < 1.29 is 9.59 Å². The van der Waals surface area contributed by atoms with Gasteiger partial charge in [-0.15, -0.1) is 0 Å². The summed E-state index contributed by atoms with van der Waals surface area (Å²) in [6.45, 7) is 8.87. The van der Waals surface area contributed by atoms with E-state index < -0.39 is 6.03 Å². The number of benzene rings is 1. The average molecular weight is 291 g/mol. The molecule has 21 heavy (non-hydrogen) atoms. The van der Waals surface area contributed by atoms with Gasteiger partial charge in [0.25, 0.3) is 0 Å². The van der Waals surface area contributed by atoms with Gasteiger partial charge in [-0.3, -0.25) is 15.0 Å². The lowest BCUT2D eigenvalue weighted by molar-refractivity contribution is -0.125. The number of carbonyl (C=O) groups excluding carboxylic acids is 2. The van der Waals surface area contributed by atoms with E-state index in [0.29, 0.717) is 13.1 Å². The second-order valence-electron chi connectivity index (χ2n) is 5.28. The number of nitrogens with zero attached hydrogens (tertiary/aromatic N) is 1. The highest BCUT2D eigenvalue weighted by Crippen LogP contribution is 2.12. The summed E-state index contributed by atoms with van der Waals surface area (Å²) in [6.07, 6.45) is 0. The van der Waals surface area contributed by atoms with Crippen LogP contribution in [0.4, 0.5) is 4.79 Å². The molecular weight excluding hydrogens is 266 g/mol. The molecule has 1 unspecified atom stereocenters. The van der Waals surface area contributed by atoms with E-state index >= 15 is 0 Å². The largest absolute Gasteiger partial charge is 0.338 e. The second kappa shape index (κ2) is 8.42. The molecule has 1 aromatic rings. The van der Waals surface area contributed by atoms with Crippen molar-refractivity contribution in [3.8, 4) is 0 Å². The van der Waals surface area contributed by atoms with Gasteiger partial charge < -0.3 is 5.32 Å². The van der Waals surface area contributed by atoms with Gasteiger partial charge in [-0.05, 0) is 33.3 Å². The Morgan fingerprint density at radius 2 is 1.76 bits per heavy atom. The van der Waals surface area contributed by atoms with Crippen LogP contribution in [-0.4, -0.2) is 35.5 Å². The van der Waals surface area contributed by atoms with Gasteiger partial charge in [0.05, 0.1) is 6.04 Å². The van der Waals surface area contributed by atoms with Crippen LogP contribution in [-0.2, 0) is 11.3 Å². The minimum atomic E-state index is -0.447. The van der Waals surface area contributed by atoms with E-state index in [9.17, 15) is 9.59 Å². The maximum atomic E-state index is 12.2. The molecule has 1 atom stereocenters. The number of hydrogen-bond donors (Lipinski definition) is 2. The maximum Gasteiger partial charge on any atom is 0.321 e. The normalized spacial score (nSPS) is 12.3. The minimum Gasteiger partial charge on any atom is -0.338 e. The Morgan fingerprint density at radius 3 is 2.29 bits per heavy atom. The fourth-order valence-corrected chi connectivity index (χ4v) is 2.13. The summed E-state index contributed by atoms with van der Waals surface area (Å²) in [5.41, 5.74) is 1.14. The van der Waals surface area contributed by atoms with Gasteiger partial charge in [-0.2, -0.15) is 0 Å². The first-order valence-corrected chi connectivity index (χ1v) is 7.34. The molecule has 116 valence electrons. The van der Waals surface area contributed by atoms with Gasteiger partial charge in [0.2, 0.25) is 5.91 Å². The molecule has 2 N–H and O–H groups in total. The summed E-state index contributed by atoms with van der Waals surface area (Å²) in [5.74, 6) is -0.286. The second-order valence-corrected chi connectivity index (χ2v) is 5.28. The number of rotatable bonds is 6. The first-order chi connectivity index (χ1) is 9.95. The van der Waals surface area contributed by atoms with E-state index in [1.807, 2.05) is 58.0 Å². The highest BCUT2D eigenvalue weighted by Gasteiger charge is 2.24. The molecule has 3 amide bonds. The Labute approximate surface area is 126 Å². The molecule has 0 bridgehead atoms. The zero-order valence-electron chi connectivity index (χ0n) is 13.2. The summed E-state index contributed by atoms with van der Waals surface area (Å²) >= 11 is 0. The molecule has 1 rings (SSSR count). The molecule has 5 heteroatoms. The van der Waals surface area contributed by atoms with Crippen molar-refractivity contribution in [3.05, 3.63) is 35.9 Å². The van der Waals surface area contributed by atoms with Crippen molar-refractivity contribution in [2.75, 3.05) is 6.54 Å². The van der Waals surface area contributed by atoms with E-state index in [4.69, 9.17) is 0 Å². The molecule has 1 aromatic carbocycles. The van der Waals surface area contributed by atoms with Crippen molar-refractivity contribution in [2.24, 2.45) is 0 Å². The third kappa shape index (κ3) is 5.55. The summed E-state index contributed by atoms with van der Waals surface area (Å²) in [6, 6.07) is 9.36. The lowest BCUT2D eigenvalue weighted by Gasteiger charge is -2.31. The number of nitrogens with one attached hydrogen (secondary N) is 2. The standard InChI is InChI=1S/C16H25N3O2/c1-5-17-16(21)18-15(20)13(4)19(12(2)3)11-14-9-7-6-8-10-14/h6-10,12-13H,5,11H2,1-4H3,(H2,17,18,20,21). The van der Waals surface area contributed by atoms with Crippen LogP contribution in [0.1, 0.15) is 33.3 Å². The van der Waals surface area contributed by atoms with Crippen LogP contribution in [0.2, 0.25) is 0 Å². The fraction of sp³-hybridized carbons (Fsp3) is 0.500. The van der Waals surface area contributed by atoms with Gasteiger partial charge in [-0.25, -0.2) is 4.79 Å². The Hall–Kier alpha value is -1.88. The Bertz CT molecular complexity index is 460. The molecular formula is C16H25N3O2. The molecule has 5 nitrogen and oxygen atoms in total. The van der Waals surface area contributed by atoms with E-state index in [1.165, 1.54) is 0 Å². The molecule has 0 radical (unpaired) electrons. The van der Waals surface area contributed by atoms with E-state index in [1.54, 1.807) is 0 Å². The first-order valence-electron chi connectivity index (χ1n) is 7.34. The Morgan fingerprint density at radius 1 is 1.14 bits per heavy atom. The van der Waals surface area contributed by atoms with Gasteiger partial charge >= 0.3 is 6.03 Å². The van der Waals surface area contributed by atoms with E-state index in [0.717, 1.165) is 5.56 Å². The van der Waals surface area contributed by atoms with Crippen LogP contribution >= 0.6 is 0 Å². The van der Waals surface area contributed by atoms with Crippen molar-refractivity contribution in [1.29, 1.82) is 0 Å². The van der Waals surface area contributed by atoms with E-state index in [-0.39, 0.29) is 18.0 Å². The van der Waals surface area contributed by atoms with Crippen LogP contribution in [0.15, 0.2) is 30.3 Å². The first kappa shape index (κ1) is 17.2. The molecule has 0 saturated heterocycles. The number of imide groups is 1. The monoisotopic (exact) mass is 291 g/mol. The molecule has 0 aliphatic rings. The van der Waals surface area contributed by atoms with Gasteiger partial charge in [0, 0.05) is 19.1 Å². The van der Waals surface area contributed by atoms with Gasteiger partial charge in [0.15, 0.2) is 0 Å². The van der Waals surface area contributed by atoms with Gasteiger partial charge in [0.1, 0.15) is 0 Å². The van der Waals surface area contributed by atoms with Crippen LogP contribution in [0.25, 0.3) is 0 Å². The predicted octanol–water partition coefficient (Wildman–Crippen LogP) is 2.13. The lowest BCUT2D eigenvalue weighted by Crippen LogP contribution is -2.51. The Balaban J connectivity index is 2.71. The van der Waals surface area contributed by atoms with Crippen LogP contribution in [0.5, 0.6) is 0 Å². The van der Waals surface area contributed by atoms with Crippen LogP contribution in [0, 0.1) is 0 Å². The quantitative estimate of drug-likeness (QED) is 0.844. The zero-order chi connectivity index (χ0) is 15.8.